The van der Waals surface area contributed by atoms with E-state index >= 15 is 0 Å². The van der Waals surface area contributed by atoms with Gasteiger partial charge < -0.3 is 5.32 Å². The fourth-order valence-electron chi connectivity index (χ4n) is 4.00. The summed E-state index contributed by atoms with van der Waals surface area (Å²) in [6.45, 7) is 11.7. The van der Waals surface area contributed by atoms with Gasteiger partial charge in [0.1, 0.15) is 5.84 Å². The quantitative estimate of drug-likeness (QED) is 0.558. The van der Waals surface area contributed by atoms with E-state index in [2.05, 4.69) is 50.2 Å². The number of piperidine rings is 1. The highest BCUT2D eigenvalue weighted by atomic mass is 35.5. The van der Waals surface area contributed by atoms with Crippen molar-refractivity contribution in [3.05, 3.63) is 0 Å². The Morgan fingerprint density at radius 1 is 1.24 bits per heavy atom. The normalized spacial score (nSPS) is 29.6. The Balaban J connectivity index is 2.38. The average Bonchev–Trinajstić information content (AvgIpc) is 2.40. The van der Waals surface area contributed by atoms with Crippen LogP contribution >= 0.6 is 23.2 Å². The maximum atomic E-state index is 6.87. The highest BCUT2D eigenvalue weighted by Gasteiger charge is 2.45. The minimum Gasteiger partial charge on any atom is -0.307 e. The molecule has 2 rings (SSSR count). The van der Waals surface area contributed by atoms with Crippen LogP contribution in [0.25, 0.3) is 0 Å². The number of aliphatic imine (C=N–C) groups is 2. The van der Waals surface area contributed by atoms with Gasteiger partial charge in [0.2, 0.25) is 5.29 Å². The molecule has 2 N–H and O–H groups in total. The van der Waals surface area contributed by atoms with E-state index in [4.69, 9.17) is 28.2 Å². The zero-order valence-corrected chi connectivity index (χ0v) is 18.0. The molecule has 0 aromatic rings. The molecule has 0 spiro atoms. The summed E-state index contributed by atoms with van der Waals surface area (Å²) >= 11 is 13.4. The first-order valence-corrected chi connectivity index (χ1v) is 9.69. The van der Waals surface area contributed by atoms with E-state index in [1.807, 2.05) is 14.1 Å². The topological polar surface area (TPSA) is 55.3 Å². The molecule has 0 aromatic carbocycles. The number of hydrazine groups is 1. The van der Waals surface area contributed by atoms with Crippen LogP contribution in [0.1, 0.15) is 53.9 Å². The van der Waals surface area contributed by atoms with Crippen LogP contribution in [0.5, 0.6) is 0 Å². The van der Waals surface area contributed by atoms with Crippen molar-refractivity contribution in [1.29, 1.82) is 0 Å². The lowest BCUT2D eigenvalue weighted by atomic mass is 9.75. The second kappa shape index (κ2) is 7.31. The Kier molecular flexibility index (Phi) is 6.12. The van der Waals surface area contributed by atoms with Gasteiger partial charge in [-0.1, -0.05) is 18.5 Å². The summed E-state index contributed by atoms with van der Waals surface area (Å²) in [4.78, 5) is 9.42. The van der Waals surface area contributed by atoms with Crippen molar-refractivity contribution in [2.24, 2.45) is 15.9 Å². The number of halogens is 2. The molecule has 1 atom stereocenters. The van der Waals surface area contributed by atoms with E-state index in [0.29, 0.717) is 5.29 Å². The molecule has 0 aromatic heterocycles. The van der Waals surface area contributed by atoms with E-state index in [9.17, 15) is 0 Å². The molecular formula is C17H32Cl2N6. The number of hydrogen-bond donors (Lipinski definition) is 2. The summed E-state index contributed by atoms with van der Waals surface area (Å²) < 4.78 is 0. The van der Waals surface area contributed by atoms with E-state index in [1.54, 1.807) is 10.0 Å². The van der Waals surface area contributed by atoms with Crippen LogP contribution in [0.2, 0.25) is 0 Å². The molecule has 0 radical (unpaired) electrons. The smallest absolute Gasteiger partial charge is 0.285 e. The van der Waals surface area contributed by atoms with E-state index in [0.717, 1.165) is 31.6 Å². The number of amidine groups is 2. The summed E-state index contributed by atoms with van der Waals surface area (Å²) in [6.07, 6.45) is 2.82. The fourth-order valence-corrected chi connectivity index (χ4v) is 4.82. The van der Waals surface area contributed by atoms with Crippen molar-refractivity contribution in [1.82, 2.24) is 20.7 Å². The van der Waals surface area contributed by atoms with E-state index in [1.165, 1.54) is 0 Å². The third kappa shape index (κ3) is 4.86. The minimum absolute atomic E-state index is 0.00142. The van der Waals surface area contributed by atoms with Crippen molar-refractivity contribution in [3.63, 3.8) is 0 Å². The molecule has 0 aliphatic carbocycles. The molecule has 144 valence electrons. The average molecular weight is 391 g/mol. The van der Waals surface area contributed by atoms with Crippen molar-refractivity contribution in [3.8, 4) is 0 Å². The Morgan fingerprint density at radius 2 is 1.80 bits per heavy atom. The Morgan fingerprint density at radius 3 is 2.28 bits per heavy atom. The van der Waals surface area contributed by atoms with Gasteiger partial charge in [-0.3, -0.25) is 5.32 Å². The van der Waals surface area contributed by atoms with Gasteiger partial charge in [-0.25, -0.2) is 20.0 Å². The van der Waals surface area contributed by atoms with Gasteiger partial charge >= 0.3 is 0 Å². The molecular weight excluding hydrogens is 359 g/mol. The zero-order chi connectivity index (χ0) is 19.0. The largest absolute Gasteiger partial charge is 0.307 e. The van der Waals surface area contributed by atoms with Gasteiger partial charge in [0.25, 0.3) is 5.25 Å². The predicted molar refractivity (Wildman–Crippen MR) is 107 cm³/mol. The molecule has 2 aliphatic heterocycles. The second-order valence-electron chi connectivity index (χ2n) is 8.52. The van der Waals surface area contributed by atoms with Crippen LogP contribution < -0.4 is 10.6 Å². The van der Waals surface area contributed by atoms with Crippen LogP contribution in [0.4, 0.5) is 0 Å². The third-order valence-corrected chi connectivity index (χ3v) is 5.10. The number of hydrogen-bond acceptors (Lipinski definition) is 6. The molecule has 2 aliphatic rings. The van der Waals surface area contributed by atoms with Crippen molar-refractivity contribution in [2.75, 3.05) is 20.6 Å². The maximum absolute atomic E-state index is 6.87. The third-order valence-electron chi connectivity index (χ3n) is 4.48. The van der Waals surface area contributed by atoms with Crippen LogP contribution in [0.3, 0.4) is 0 Å². The van der Waals surface area contributed by atoms with Crippen molar-refractivity contribution in [2.45, 2.75) is 70.2 Å². The number of rotatable bonds is 5. The van der Waals surface area contributed by atoms with Crippen LogP contribution in [-0.4, -0.2) is 58.1 Å². The van der Waals surface area contributed by atoms with Gasteiger partial charge in [-0.15, -0.1) is 0 Å². The molecule has 25 heavy (non-hydrogen) atoms. The molecule has 6 nitrogen and oxygen atoms in total. The fraction of sp³-hybridized carbons (Fsp3) is 0.882. The molecule has 1 fully saturated rings. The summed E-state index contributed by atoms with van der Waals surface area (Å²) in [5, 5.41) is 9.66. The zero-order valence-electron chi connectivity index (χ0n) is 16.5. The second-order valence-corrected chi connectivity index (χ2v) is 9.39. The van der Waals surface area contributed by atoms with Gasteiger partial charge in [0.15, 0.2) is 0 Å². The number of nitrogens with zero attached hydrogens (tertiary/aromatic N) is 4. The standard InChI is InChI=1S/C17H32Cl2N6/c1-8-9-20-17(19)22-13(21-14(18)25(17)24(6)7)12-10-15(2,3)23-16(4,5)11-12/h12,20,23H,8-11H2,1-7H3. The summed E-state index contributed by atoms with van der Waals surface area (Å²) in [5.41, 5.74) is 0.00285. The first-order chi connectivity index (χ1) is 11.4. The van der Waals surface area contributed by atoms with E-state index < -0.39 is 5.25 Å². The Hall–Kier alpha value is -0.400. The molecule has 2 heterocycles. The van der Waals surface area contributed by atoms with Crippen LogP contribution in [0.15, 0.2) is 9.98 Å². The molecule has 0 bridgehead atoms. The lowest BCUT2D eigenvalue weighted by molar-refractivity contribution is 0.0258. The molecule has 1 saturated heterocycles. The first kappa shape index (κ1) is 20.9. The van der Waals surface area contributed by atoms with Gasteiger partial charge in [0, 0.05) is 37.6 Å². The molecule has 0 amide bonds. The Labute approximate surface area is 162 Å². The number of alkyl halides is 1. The van der Waals surface area contributed by atoms with Gasteiger partial charge in [0.05, 0.1) is 0 Å². The van der Waals surface area contributed by atoms with Crippen molar-refractivity contribution < 1.29 is 0 Å². The molecule has 0 saturated carbocycles. The summed E-state index contributed by atoms with van der Waals surface area (Å²) in [7, 11) is 3.75. The number of nitrogens with one attached hydrogen (secondary N) is 2. The van der Waals surface area contributed by atoms with Crippen LogP contribution in [-0.2, 0) is 0 Å². The van der Waals surface area contributed by atoms with Crippen LogP contribution in [0, 0.1) is 5.92 Å². The van der Waals surface area contributed by atoms with Crippen molar-refractivity contribution >= 4 is 34.3 Å². The molecule has 8 heteroatoms. The first-order valence-electron chi connectivity index (χ1n) is 8.94. The Bertz CT molecular complexity index is 541. The van der Waals surface area contributed by atoms with Gasteiger partial charge in [-0.2, -0.15) is 0 Å². The summed E-state index contributed by atoms with van der Waals surface area (Å²) in [5.74, 6) is 0.926. The highest BCUT2D eigenvalue weighted by Crippen LogP contribution is 2.37. The summed E-state index contributed by atoms with van der Waals surface area (Å²) in [6, 6.07) is 0. The SMILES string of the molecule is CCCNC1(Cl)N=C(C2CC(C)(C)NC(C)(C)C2)N=C(Cl)N1N(C)C. The maximum Gasteiger partial charge on any atom is 0.285 e. The lowest BCUT2D eigenvalue weighted by Crippen LogP contribution is -2.63. The predicted octanol–water partition coefficient (Wildman–Crippen LogP) is 3.18. The minimum atomic E-state index is -1.15. The monoisotopic (exact) mass is 390 g/mol. The van der Waals surface area contributed by atoms with Gasteiger partial charge in [-0.05, 0) is 58.6 Å². The van der Waals surface area contributed by atoms with E-state index in [-0.39, 0.29) is 17.0 Å². The highest BCUT2D eigenvalue weighted by molar-refractivity contribution is 6.65. The lowest BCUT2D eigenvalue weighted by Gasteiger charge is -2.48. The molecule has 1 unspecified atom stereocenters.